The molecular formula is C18H29N4O4S+. The van der Waals surface area contributed by atoms with Crippen LogP contribution < -0.4 is 15.5 Å². The molecule has 0 bridgehead atoms. The van der Waals surface area contributed by atoms with Crippen LogP contribution >= 0.6 is 0 Å². The molecule has 27 heavy (non-hydrogen) atoms. The summed E-state index contributed by atoms with van der Waals surface area (Å²) in [7, 11) is -2.39. The molecule has 1 aromatic carbocycles. The maximum atomic E-state index is 12.6. The van der Waals surface area contributed by atoms with Crippen LogP contribution in [0.3, 0.4) is 0 Å². The van der Waals surface area contributed by atoms with Gasteiger partial charge in [0.1, 0.15) is 0 Å². The number of amides is 2. The van der Waals surface area contributed by atoms with E-state index in [1.165, 1.54) is 64.2 Å². The van der Waals surface area contributed by atoms with Crippen LogP contribution in [-0.4, -0.2) is 64.3 Å². The Bertz CT molecular complexity index is 743. The molecule has 0 aromatic heterocycles. The van der Waals surface area contributed by atoms with Gasteiger partial charge in [0.2, 0.25) is 21.8 Å². The molecule has 0 saturated carbocycles. The van der Waals surface area contributed by atoms with Gasteiger partial charge in [-0.1, -0.05) is 0 Å². The molecule has 1 aliphatic rings. The van der Waals surface area contributed by atoms with Crippen LogP contribution in [0.5, 0.6) is 0 Å². The van der Waals surface area contributed by atoms with Gasteiger partial charge in [0.15, 0.2) is 0 Å². The minimum Gasteiger partial charge on any atom is -0.355 e. The zero-order valence-electron chi connectivity index (χ0n) is 16.0. The molecular weight excluding hydrogens is 368 g/mol. The second-order valence-electron chi connectivity index (χ2n) is 6.88. The summed E-state index contributed by atoms with van der Waals surface area (Å²) >= 11 is 0. The van der Waals surface area contributed by atoms with Gasteiger partial charge in [-0.25, -0.2) is 8.42 Å². The van der Waals surface area contributed by atoms with Gasteiger partial charge in [-0.15, -0.1) is 0 Å². The van der Waals surface area contributed by atoms with Crippen molar-refractivity contribution in [2.45, 2.75) is 31.1 Å². The van der Waals surface area contributed by atoms with E-state index in [-0.39, 0.29) is 23.3 Å². The molecule has 9 heteroatoms. The van der Waals surface area contributed by atoms with E-state index in [1.807, 2.05) is 0 Å². The van der Waals surface area contributed by atoms with E-state index in [9.17, 15) is 18.0 Å². The topological polar surface area (TPSA) is 100 Å². The molecule has 1 aromatic rings. The van der Waals surface area contributed by atoms with Crippen LogP contribution in [0.1, 0.15) is 26.2 Å². The van der Waals surface area contributed by atoms with E-state index in [0.29, 0.717) is 12.2 Å². The quantitative estimate of drug-likeness (QED) is 0.487. The average molecular weight is 398 g/mol. The number of hydrogen-bond donors (Lipinski definition) is 3. The van der Waals surface area contributed by atoms with Crippen molar-refractivity contribution < 1.29 is 22.9 Å². The lowest BCUT2D eigenvalue weighted by molar-refractivity contribution is -0.887. The van der Waals surface area contributed by atoms with Crippen molar-refractivity contribution in [3.05, 3.63) is 24.3 Å². The molecule has 2 amide bonds. The van der Waals surface area contributed by atoms with Gasteiger partial charge >= 0.3 is 0 Å². The van der Waals surface area contributed by atoms with E-state index in [1.54, 1.807) is 4.90 Å². The number of benzene rings is 1. The Morgan fingerprint density at radius 1 is 1.15 bits per heavy atom. The SMILES string of the molecule is CC(=O)Nc1ccc(S(=O)(=O)N(C)CC(=O)NCCC[NH+]2CCCC2)cc1. The lowest BCUT2D eigenvalue weighted by Crippen LogP contribution is -3.10. The smallest absolute Gasteiger partial charge is 0.243 e. The second-order valence-corrected chi connectivity index (χ2v) is 8.92. The predicted molar refractivity (Wildman–Crippen MR) is 103 cm³/mol. The predicted octanol–water partition coefficient (Wildman–Crippen LogP) is -0.549. The summed E-state index contributed by atoms with van der Waals surface area (Å²) < 4.78 is 26.1. The summed E-state index contributed by atoms with van der Waals surface area (Å²) in [6.45, 7) is 5.15. The molecule has 3 N–H and O–H groups in total. The van der Waals surface area contributed by atoms with Crippen LogP contribution in [-0.2, 0) is 19.6 Å². The Labute approximate surface area is 161 Å². The molecule has 1 fully saturated rings. The minimum atomic E-state index is -3.77. The van der Waals surface area contributed by atoms with E-state index in [4.69, 9.17) is 0 Å². The van der Waals surface area contributed by atoms with Gasteiger partial charge in [0, 0.05) is 45.5 Å². The average Bonchev–Trinajstić information content (AvgIpc) is 3.12. The zero-order chi connectivity index (χ0) is 19.9. The van der Waals surface area contributed by atoms with Gasteiger partial charge in [-0.05, 0) is 24.3 Å². The molecule has 2 rings (SSSR count). The van der Waals surface area contributed by atoms with Crippen molar-refractivity contribution in [3.63, 3.8) is 0 Å². The van der Waals surface area contributed by atoms with E-state index >= 15 is 0 Å². The number of quaternary nitrogens is 1. The van der Waals surface area contributed by atoms with Crippen LogP contribution in [0.4, 0.5) is 5.69 Å². The van der Waals surface area contributed by atoms with Gasteiger partial charge in [-0.3, -0.25) is 9.59 Å². The molecule has 1 aliphatic heterocycles. The molecule has 8 nitrogen and oxygen atoms in total. The van der Waals surface area contributed by atoms with Gasteiger partial charge in [-0.2, -0.15) is 4.31 Å². The van der Waals surface area contributed by atoms with E-state index < -0.39 is 10.0 Å². The molecule has 0 aliphatic carbocycles. The number of carbonyl (C=O) groups is 2. The number of rotatable bonds is 9. The third kappa shape index (κ3) is 6.60. The third-order valence-corrected chi connectivity index (χ3v) is 6.41. The Morgan fingerprint density at radius 2 is 1.78 bits per heavy atom. The normalized spacial score (nSPS) is 15.1. The summed E-state index contributed by atoms with van der Waals surface area (Å²) in [6.07, 6.45) is 3.44. The van der Waals surface area contributed by atoms with Crippen LogP contribution in [0.25, 0.3) is 0 Å². The van der Waals surface area contributed by atoms with Crippen molar-refractivity contribution in [2.24, 2.45) is 0 Å². The van der Waals surface area contributed by atoms with E-state index in [2.05, 4.69) is 10.6 Å². The van der Waals surface area contributed by atoms with Crippen LogP contribution in [0, 0.1) is 0 Å². The summed E-state index contributed by atoms with van der Waals surface area (Å²) in [5, 5.41) is 5.37. The number of nitrogens with one attached hydrogen (secondary N) is 3. The lowest BCUT2D eigenvalue weighted by Gasteiger charge is -2.17. The van der Waals surface area contributed by atoms with Gasteiger partial charge in [0.25, 0.3) is 0 Å². The molecule has 150 valence electrons. The largest absolute Gasteiger partial charge is 0.355 e. The minimum absolute atomic E-state index is 0.0736. The van der Waals surface area contributed by atoms with Crippen molar-refractivity contribution in [1.29, 1.82) is 0 Å². The summed E-state index contributed by atoms with van der Waals surface area (Å²) in [6, 6.07) is 5.85. The number of likely N-dealkylation sites (N-methyl/N-ethyl adjacent to an activating group) is 1. The first-order chi connectivity index (χ1) is 12.8. The third-order valence-electron chi connectivity index (χ3n) is 4.59. The molecule has 1 saturated heterocycles. The number of likely N-dealkylation sites (tertiary alicyclic amines) is 1. The lowest BCUT2D eigenvalue weighted by atomic mass is 10.3. The van der Waals surface area contributed by atoms with Crippen molar-refractivity contribution in [2.75, 3.05) is 45.1 Å². The summed E-state index contributed by atoms with van der Waals surface area (Å²) in [4.78, 5) is 24.7. The monoisotopic (exact) mass is 397 g/mol. The molecule has 0 spiro atoms. The number of carbonyl (C=O) groups excluding carboxylic acids is 2. The Balaban J connectivity index is 1.80. The Hall–Kier alpha value is -1.97. The van der Waals surface area contributed by atoms with Gasteiger partial charge < -0.3 is 15.5 Å². The van der Waals surface area contributed by atoms with Crippen molar-refractivity contribution in [1.82, 2.24) is 9.62 Å². The molecule has 1 heterocycles. The molecule has 0 radical (unpaired) electrons. The maximum absolute atomic E-state index is 12.6. The van der Waals surface area contributed by atoms with Gasteiger partial charge in [0.05, 0.1) is 31.1 Å². The standard InChI is InChI=1S/C18H28N4O4S/c1-15(23)20-16-6-8-17(9-7-16)27(25,26)21(2)14-18(24)19-10-5-13-22-11-3-4-12-22/h6-9H,3-5,10-14H2,1-2H3,(H,19,24)(H,20,23)/p+1. The fourth-order valence-electron chi connectivity index (χ4n) is 3.13. The number of sulfonamides is 1. The van der Waals surface area contributed by atoms with Crippen molar-refractivity contribution >= 4 is 27.5 Å². The van der Waals surface area contributed by atoms with Crippen LogP contribution in [0.2, 0.25) is 0 Å². The van der Waals surface area contributed by atoms with Crippen molar-refractivity contribution in [3.8, 4) is 0 Å². The number of anilines is 1. The highest BCUT2D eigenvalue weighted by atomic mass is 32.2. The first-order valence-electron chi connectivity index (χ1n) is 9.23. The maximum Gasteiger partial charge on any atom is 0.243 e. The fraction of sp³-hybridized carbons (Fsp3) is 0.556. The highest BCUT2D eigenvalue weighted by Crippen LogP contribution is 2.17. The molecule has 0 atom stereocenters. The first kappa shape index (κ1) is 21.3. The highest BCUT2D eigenvalue weighted by Gasteiger charge is 2.23. The number of hydrogen-bond acceptors (Lipinski definition) is 4. The fourth-order valence-corrected chi connectivity index (χ4v) is 4.25. The summed E-state index contributed by atoms with van der Waals surface area (Å²) in [5.41, 5.74) is 0.516. The first-order valence-corrected chi connectivity index (χ1v) is 10.7. The highest BCUT2D eigenvalue weighted by molar-refractivity contribution is 7.89. The Kier molecular flexibility index (Phi) is 7.76. The summed E-state index contributed by atoms with van der Waals surface area (Å²) in [5.74, 6) is -0.543. The second kappa shape index (κ2) is 9.82. The Morgan fingerprint density at radius 3 is 2.37 bits per heavy atom. The van der Waals surface area contributed by atoms with Crippen LogP contribution in [0.15, 0.2) is 29.2 Å². The number of nitrogens with zero attached hydrogens (tertiary/aromatic N) is 1. The molecule has 0 unspecified atom stereocenters. The van der Waals surface area contributed by atoms with E-state index in [0.717, 1.165) is 17.3 Å². The zero-order valence-corrected chi connectivity index (χ0v) is 16.8.